The Hall–Kier alpha value is -1.85. The minimum absolute atomic E-state index is 0.0607. The van der Waals surface area contributed by atoms with Crippen molar-refractivity contribution in [3.8, 4) is 11.5 Å². The van der Waals surface area contributed by atoms with Crippen LogP contribution in [-0.4, -0.2) is 51.7 Å². The van der Waals surface area contributed by atoms with Gasteiger partial charge in [0.05, 0.1) is 22.5 Å². The Kier molecular flexibility index (Phi) is 2.30. The van der Waals surface area contributed by atoms with Crippen LogP contribution in [0.25, 0.3) is 0 Å². The Labute approximate surface area is 157 Å². The molecular formula is C22H23NO4. The summed E-state index contributed by atoms with van der Waals surface area (Å²) in [6.45, 7) is 5.98. The van der Waals surface area contributed by atoms with E-state index in [2.05, 4.69) is 11.5 Å². The summed E-state index contributed by atoms with van der Waals surface area (Å²) in [6, 6.07) is 3.17. The monoisotopic (exact) mass is 365 g/mol. The molecule has 5 heteroatoms. The Morgan fingerprint density at radius 3 is 2.93 bits per heavy atom. The number of phenols is 1. The van der Waals surface area contributed by atoms with Crippen LogP contribution in [0, 0.1) is 11.3 Å². The number of likely N-dealkylation sites (tertiary alicyclic amines) is 1. The third kappa shape index (κ3) is 1.34. The van der Waals surface area contributed by atoms with Gasteiger partial charge in [-0.1, -0.05) is 6.58 Å². The molecule has 140 valence electrons. The quantitative estimate of drug-likeness (QED) is 0.786. The molecule has 2 bridgehead atoms. The van der Waals surface area contributed by atoms with Crippen LogP contribution in [-0.2, 0) is 5.41 Å². The third-order valence-electron chi connectivity index (χ3n) is 8.54. The van der Waals surface area contributed by atoms with E-state index in [9.17, 15) is 15.0 Å². The van der Waals surface area contributed by atoms with E-state index in [-0.39, 0.29) is 23.7 Å². The second-order valence-electron chi connectivity index (χ2n) is 9.83. The van der Waals surface area contributed by atoms with Crippen LogP contribution >= 0.6 is 0 Å². The topological polar surface area (TPSA) is 70.0 Å². The van der Waals surface area contributed by atoms with E-state index in [0.717, 1.165) is 30.1 Å². The predicted octanol–water partition coefficient (Wildman–Crippen LogP) is 2.15. The summed E-state index contributed by atoms with van der Waals surface area (Å²) < 4.78 is 6.25. The molecule has 4 fully saturated rings. The lowest BCUT2D eigenvalue weighted by molar-refractivity contribution is -0.148. The molecule has 2 aliphatic heterocycles. The lowest BCUT2D eigenvalue weighted by Gasteiger charge is -2.57. The van der Waals surface area contributed by atoms with E-state index >= 15 is 0 Å². The summed E-state index contributed by atoms with van der Waals surface area (Å²) >= 11 is 0. The molecule has 6 aliphatic rings. The number of carbonyl (C=O) groups excluding carboxylic acids is 1. The van der Waals surface area contributed by atoms with Gasteiger partial charge in [0.1, 0.15) is 6.10 Å². The second kappa shape index (κ2) is 4.11. The normalized spacial score (nSPS) is 46.0. The highest BCUT2D eigenvalue weighted by Crippen LogP contribution is 2.75. The number of rotatable bonds is 2. The van der Waals surface area contributed by atoms with Crippen LogP contribution < -0.4 is 4.74 Å². The highest BCUT2D eigenvalue weighted by atomic mass is 16.5. The maximum Gasteiger partial charge on any atom is 0.172 e. The molecule has 3 saturated carbocycles. The van der Waals surface area contributed by atoms with Crippen molar-refractivity contribution in [2.75, 3.05) is 13.1 Å². The number of fused-ring (bicyclic) bond motifs is 1. The van der Waals surface area contributed by atoms with Crippen molar-refractivity contribution in [3.05, 3.63) is 35.4 Å². The van der Waals surface area contributed by atoms with Crippen molar-refractivity contribution >= 4 is 5.78 Å². The first-order valence-corrected chi connectivity index (χ1v) is 10.1. The zero-order valence-electron chi connectivity index (χ0n) is 15.2. The van der Waals surface area contributed by atoms with Crippen molar-refractivity contribution in [1.29, 1.82) is 0 Å². The van der Waals surface area contributed by atoms with Crippen molar-refractivity contribution in [3.63, 3.8) is 0 Å². The van der Waals surface area contributed by atoms with Gasteiger partial charge >= 0.3 is 0 Å². The molecule has 2 spiro atoms. The maximum absolute atomic E-state index is 13.7. The first-order valence-electron chi connectivity index (χ1n) is 10.1. The van der Waals surface area contributed by atoms with Crippen molar-refractivity contribution in [2.45, 2.75) is 55.3 Å². The number of carbonyl (C=O) groups is 1. The van der Waals surface area contributed by atoms with E-state index in [1.807, 2.05) is 0 Å². The number of aromatic hydroxyl groups is 1. The second-order valence-corrected chi connectivity index (χ2v) is 9.83. The van der Waals surface area contributed by atoms with Crippen LogP contribution in [0.1, 0.15) is 48.0 Å². The zero-order valence-corrected chi connectivity index (χ0v) is 15.2. The van der Waals surface area contributed by atoms with Crippen LogP contribution in [0.3, 0.4) is 0 Å². The lowest BCUT2D eigenvalue weighted by Crippen LogP contribution is -2.72. The number of nitrogens with zero attached hydrogens (tertiary/aromatic N) is 1. The van der Waals surface area contributed by atoms with Gasteiger partial charge in [-0.05, 0) is 55.7 Å². The smallest absolute Gasteiger partial charge is 0.172 e. The largest absolute Gasteiger partial charge is 0.504 e. The first kappa shape index (κ1) is 15.1. The molecule has 0 amide bonds. The molecule has 27 heavy (non-hydrogen) atoms. The van der Waals surface area contributed by atoms with Crippen LogP contribution in [0.2, 0.25) is 0 Å². The summed E-state index contributed by atoms with van der Waals surface area (Å²) in [5.41, 5.74) is 0.210. The summed E-state index contributed by atoms with van der Waals surface area (Å²) in [6.07, 6.45) is 4.10. The van der Waals surface area contributed by atoms with Gasteiger partial charge in [0.2, 0.25) is 0 Å². The fraction of sp³-hybridized carbons (Fsp3) is 0.591. The van der Waals surface area contributed by atoms with Gasteiger partial charge in [-0.2, -0.15) is 0 Å². The number of Topliss-reactive ketones (excluding diaryl/α,β-unsaturated/α-hetero) is 1. The van der Waals surface area contributed by atoms with Crippen molar-refractivity contribution in [2.24, 2.45) is 11.3 Å². The van der Waals surface area contributed by atoms with Gasteiger partial charge in [0.25, 0.3) is 0 Å². The number of hydrogen-bond donors (Lipinski definition) is 2. The third-order valence-corrected chi connectivity index (χ3v) is 8.54. The minimum Gasteiger partial charge on any atom is -0.504 e. The number of aliphatic hydroxyl groups is 1. The lowest BCUT2D eigenvalue weighted by atomic mass is 9.57. The summed E-state index contributed by atoms with van der Waals surface area (Å²) in [5.74, 6) is 1.32. The number of phenolic OH excluding ortho intramolecular Hbond substituents is 1. The summed E-state index contributed by atoms with van der Waals surface area (Å²) in [5, 5.41) is 22.7. The summed E-state index contributed by atoms with van der Waals surface area (Å²) in [7, 11) is 0. The van der Waals surface area contributed by atoms with E-state index in [1.165, 1.54) is 12.8 Å². The molecule has 1 unspecified atom stereocenters. The standard InChI is InChI=1S/C22H23NO4/c1-11-6-7-22(26)19-20(10-23(19)8-12-2-3-12)9-21(22)15-13(17(20)25)4-5-14(24)16(15)27-18(11)21/h4-5,12,18-19,24,26H,1-3,6-10H2/t18-,19+,20?,21-,22+/m0/s1. The molecule has 0 radical (unpaired) electrons. The number of hydrogen-bond acceptors (Lipinski definition) is 5. The molecule has 2 heterocycles. The highest BCUT2D eigenvalue weighted by molar-refractivity contribution is 6.07. The van der Waals surface area contributed by atoms with E-state index in [1.54, 1.807) is 12.1 Å². The molecule has 1 saturated heterocycles. The van der Waals surface area contributed by atoms with Crippen molar-refractivity contribution in [1.82, 2.24) is 4.90 Å². The Morgan fingerprint density at radius 2 is 2.15 bits per heavy atom. The average molecular weight is 365 g/mol. The van der Waals surface area contributed by atoms with Gasteiger partial charge < -0.3 is 14.9 Å². The van der Waals surface area contributed by atoms with Crippen LogP contribution in [0.5, 0.6) is 11.5 Å². The van der Waals surface area contributed by atoms with Crippen molar-refractivity contribution < 1.29 is 19.7 Å². The Morgan fingerprint density at radius 1 is 1.33 bits per heavy atom. The Balaban J connectivity index is 1.52. The minimum atomic E-state index is -1.01. The van der Waals surface area contributed by atoms with Gasteiger partial charge in [-0.3, -0.25) is 9.69 Å². The molecule has 1 aromatic rings. The average Bonchev–Trinajstić information content (AvgIpc) is 3.33. The fourth-order valence-electron chi connectivity index (χ4n) is 7.50. The molecule has 4 aliphatic carbocycles. The Bertz CT molecular complexity index is 967. The first-order chi connectivity index (χ1) is 12.9. The van der Waals surface area contributed by atoms with Gasteiger partial charge in [0.15, 0.2) is 17.3 Å². The number of benzene rings is 1. The molecule has 0 aromatic heterocycles. The molecular weight excluding hydrogens is 342 g/mol. The van der Waals surface area contributed by atoms with Gasteiger partial charge in [0, 0.05) is 24.2 Å². The molecule has 5 nitrogen and oxygen atoms in total. The van der Waals surface area contributed by atoms with Crippen LogP contribution in [0.15, 0.2) is 24.3 Å². The fourth-order valence-corrected chi connectivity index (χ4v) is 7.50. The van der Waals surface area contributed by atoms with Gasteiger partial charge in [-0.15, -0.1) is 0 Å². The maximum atomic E-state index is 13.7. The highest BCUT2D eigenvalue weighted by Gasteiger charge is 2.85. The predicted molar refractivity (Wildman–Crippen MR) is 97.0 cm³/mol. The molecule has 5 atom stereocenters. The zero-order chi connectivity index (χ0) is 18.3. The molecule has 2 N–H and O–H groups in total. The van der Waals surface area contributed by atoms with E-state index in [4.69, 9.17) is 4.74 Å². The van der Waals surface area contributed by atoms with Crippen LogP contribution in [0.4, 0.5) is 0 Å². The SMILES string of the molecule is C=C1CC[C@@]2(O)[C@@H]3N(CC4CC4)CC34C[C@@]23c2c(ccc(O)c2O[C@@H]13)C4=O. The summed E-state index contributed by atoms with van der Waals surface area (Å²) in [4.78, 5) is 16.0. The van der Waals surface area contributed by atoms with E-state index < -0.39 is 16.4 Å². The molecule has 7 rings (SSSR count). The van der Waals surface area contributed by atoms with E-state index in [0.29, 0.717) is 30.6 Å². The molecule has 1 aromatic carbocycles. The van der Waals surface area contributed by atoms with Gasteiger partial charge in [-0.25, -0.2) is 0 Å². The number of ether oxygens (including phenoxy) is 1. The number of ketones is 1.